The van der Waals surface area contributed by atoms with Gasteiger partial charge < -0.3 is 4.42 Å². The standard InChI is InChI=1S/C59H33N3OS2.C53H31N3S2/c1-2-12-36(13-3-1)57-46-32-43(58-56(42-17-5-9-19-50(42)63-58)55(46)41-16-4-8-18-47(41)60-57)34-22-24-35(25-23-34)48-33-49(37-26-28-53-44(30-37)39-14-6-10-20-51(39)64-53)62-59(61-48)38-27-29-54-45(31-38)40-15-7-11-21-52(40)65-54;1-3-13-34(14-4-1)51-42-30-40(52-50(39-19-9-12-22-47(39)58-52)49(42)38-18-7-10-20-43(38)54-51)32-23-25-33(26-24-32)44-31-45(56-53(55-44)35-15-5-2-6-16-35)36-27-28-48-41(29-36)37-17-8-11-21-46(37)57-48/h1-33H;1-31H. The first-order chi connectivity index (χ1) is 60.9. The van der Waals surface area contributed by atoms with Gasteiger partial charge in [0.15, 0.2) is 11.6 Å². The van der Waals surface area contributed by atoms with Gasteiger partial charge in [-0.3, -0.25) is 0 Å². The zero-order valence-corrected chi connectivity index (χ0v) is 68.9. The minimum atomic E-state index is 0.695. The minimum absolute atomic E-state index is 0.695. The fourth-order valence-corrected chi connectivity index (χ4v) is 22.8. The first-order valence-corrected chi connectivity index (χ1v) is 44.4. The highest BCUT2D eigenvalue weighted by atomic mass is 32.1. The van der Waals surface area contributed by atoms with Gasteiger partial charge in [0.25, 0.3) is 0 Å². The van der Waals surface area contributed by atoms with Crippen LogP contribution in [-0.4, -0.2) is 29.9 Å². The van der Waals surface area contributed by atoms with Gasteiger partial charge in [-0.05, 0) is 120 Å². The van der Waals surface area contributed by atoms with E-state index in [1.165, 1.54) is 97.0 Å². The number of fused-ring (bicyclic) bond motifs is 23. The average Bonchev–Trinajstić information content (AvgIpc) is 1.70. The molecule has 0 unspecified atom stereocenters. The molecule has 0 bridgehead atoms. The third kappa shape index (κ3) is 12.0. The lowest BCUT2D eigenvalue weighted by Crippen LogP contribution is -1.96. The summed E-state index contributed by atoms with van der Waals surface area (Å²) in [5.74, 6) is 1.41. The second-order valence-corrected chi connectivity index (χ2v) is 35.7. The Morgan fingerprint density at radius 2 is 0.528 bits per heavy atom. The molecule has 0 N–H and O–H groups in total. The van der Waals surface area contributed by atoms with Crippen LogP contribution in [0.5, 0.6) is 0 Å². The van der Waals surface area contributed by atoms with Crippen LogP contribution in [0.1, 0.15) is 0 Å². The fraction of sp³-hybridized carbons (Fsp3) is 0. The molecule has 0 aliphatic rings. The second-order valence-electron chi connectivity index (χ2n) is 31.4. The zero-order chi connectivity index (χ0) is 80.7. The Kier molecular flexibility index (Phi) is 16.6. The Morgan fingerprint density at radius 3 is 1.02 bits per heavy atom. The number of hydrogen-bond donors (Lipinski definition) is 0. The van der Waals surface area contributed by atoms with Gasteiger partial charge in [-0.15, -0.1) is 45.3 Å². The number of thiophene rings is 4. The van der Waals surface area contributed by atoms with Crippen molar-refractivity contribution < 1.29 is 4.42 Å². The van der Waals surface area contributed by atoms with Gasteiger partial charge in [-0.2, -0.15) is 0 Å². The van der Waals surface area contributed by atoms with E-state index in [0.29, 0.717) is 11.6 Å². The number of aromatic nitrogens is 6. The molecule has 26 rings (SSSR count). The quantitative estimate of drug-likeness (QED) is 0.126. The lowest BCUT2D eigenvalue weighted by atomic mass is 9.91. The van der Waals surface area contributed by atoms with Crippen LogP contribution in [0.3, 0.4) is 0 Å². The summed E-state index contributed by atoms with van der Waals surface area (Å²) in [5, 5.41) is 19.2. The number of para-hydroxylation sites is 3. The third-order valence-corrected chi connectivity index (χ3v) is 28.8. The van der Waals surface area contributed by atoms with Crippen molar-refractivity contribution >= 4 is 191 Å². The van der Waals surface area contributed by atoms with Gasteiger partial charge in [0.2, 0.25) is 0 Å². The van der Waals surface area contributed by atoms with Crippen LogP contribution in [0.15, 0.2) is 393 Å². The summed E-state index contributed by atoms with van der Waals surface area (Å²) in [6.45, 7) is 0. The van der Waals surface area contributed by atoms with Crippen molar-refractivity contribution in [3.63, 3.8) is 0 Å². The Bertz CT molecular complexity index is 8690. The monoisotopic (exact) mass is 1640 g/mol. The van der Waals surface area contributed by atoms with Gasteiger partial charge in [0.1, 0.15) is 11.2 Å². The zero-order valence-electron chi connectivity index (χ0n) is 65.7. The maximum Gasteiger partial charge on any atom is 0.160 e. The molecule has 0 aliphatic carbocycles. The molecule has 123 heavy (non-hydrogen) atoms. The molecule has 11 heteroatoms. The van der Waals surface area contributed by atoms with Crippen molar-refractivity contribution in [1.82, 2.24) is 29.9 Å². The Hall–Kier alpha value is -15.1. The minimum Gasteiger partial charge on any atom is -0.455 e. The highest BCUT2D eigenvalue weighted by molar-refractivity contribution is 7.27. The Balaban J connectivity index is 0.000000136. The Morgan fingerprint density at radius 1 is 0.187 bits per heavy atom. The number of hydrogen-bond acceptors (Lipinski definition) is 11. The van der Waals surface area contributed by atoms with Crippen LogP contribution < -0.4 is 0 Å². The number of nitrogens with zero attached hydrogens (tertiary/aromatic N) is 6. The molecule has 0 fully saturated rings. The van der Waals surface area contributed by atoms with E-state index < -0.39 is 0 Å². The molecule has 7 nitrogen and oxygen atoms in total. The highest BCUT2D eigenvalue weighted by Crippen LogP contribution is 2.51. The van der Waals surface area contributed by atoms with E-state index >= 15 is 0 Å². The summed E-state index contributed by atoms with van der Waals surface area (Å²) in [6.07, 6.45) is 0. The van der Waals surface area contributed by atoms with Crippen LogP contribution in [0, 0.1) is 0 Å². The first kappa shape index (κ1) is 70.9. The van der Waals surface area contributed by atoms with Gasteiger partial charge in [-0.25, -0.2) is 29.9 Å². The number of rotatable bonds is 10. The van der Waals surface area contributed by atoms with E-state index in [0.717, 1.165) is 150 Å². The summed E-state index contributed by atoms with van der Waals surface area (Å²) < 4.78 is 17.1. The van der Waals surface area contributed by atoms with Crippen LogP contribution in [-0.2, 0) is 0 Å². The third-order valence-electron chi connectivity index (χ3n) is 24.2. The predicted octanol–water partition coefficient (Wildman–Crippen LogP) is 32.4. The van der Waals surface area contributed by atoms with Gasteiger partial charge >= 0.3 is 0 Å². The molecule has 0 saturated carbocycles. The van der Waals surface area contributed by atoms with Gasteiger partial charge in [-0.1, -0.05) is 279 Å². The fourth-order valence-electron chi connectivity index (χ4n) is 18.3. The largest absolute Gasteiger partial charge is 0.455 e. The molecule has 26 aromatic rings. The molecule has 17 aromatic carbocycles. The molecular formula is C112H64N6OS4. The lowest BCUT2D eigenvalue weighted by Gasteiger charge is -2.15. The van der Waals surface area contributed by atoms with E-state index in [1.54, 1.807) is 0 Å². The first-order valence-electron chi connectivity index (χ1n) is 41.2. The maximum atomic E-state index is 6.85. The van der Waals surface area contributed by atoms with E-state index in [1.807, 2.05) is 69.6 Å². The number of furan rings is 1. The molecular weight excluding hydrogens is 1570 g/mol. The smallest absolute Gasteiger partial charge is 0.160 e. The van der Waals surface area contributed by atoms with Gasteiger partial charge in [0.05, 0.1) is 45.2 Å². The van der Waals surface area contributed by atoms with Crippen LogP contribution >= 0.6 is 45.3 Å². The van der Waals surface area contributed by atoms with Crippen molar-refractivity contribution in [3.8, 4) is 113 Å². The molecule has 0 aliphatic heterocycles. The second kappa shape index (κ2) is 28.8. The lowest BCUT2D eigenvalue weighted by molar-refractivity contribution is 0.670. The summed E-state index contributed by atoms with van der Waals surface area (Å²) in [6, 6.07) is 138. The summed E-state index contributed by atoms with van der Waals surface area (Å²) >= 11 is 7.35. The molecule has 0 amide bonds. The van der Waals surface area contributed by atoms with Crippen molar-refractivity contribution in [2.24, 2.45) is 0 Å². The van der Waals surface area contributed by atoms with E-state index in [2.05, 4.69) is 364 Å². The molecule has 9 heterocycles. The van der Waals surface area contributed by atoms with E-state index in [9.17, 15) is 0 Å². The summed E-state index contributed by atoms with van der Waals surface area (Å²) in [7, 11) is 0. The molecule has 9 aromatic heterocycles. The summed E-state index contributed by atoms with van der Waals surface area (Å²) in [5.41, 5.74) is 21.9. The van der Waals surface area contributed by atoms with Crippen LogP contribution in [0.4, 0.5) is 0 Å². The van der Waals surface area contributed by atoms with Crippen LogP contribution in [0.2, 0.25) is 0 Å². The van der Waals surface area contributed by atoms with Crippen molar-refractivity contribution in [2.75, 3.05) is 0 Å². The van der Waals surface area contributed by atoms with Crippen molar-refractivity contribution in [3.05, 3.63) is 388 Å². The molecule has 0 radical (unpaired) electrons. The Labute approximate surface area is 720 Å². The van der Waals surface area contributed by atoms with Crippen molar-refractivity contribution in [2.45, 2.75) is 0 Å². The normalized spacial score (nSPS) is 11.9. The molecule has 572 valence electrons. The van der Waals surface area contributed by atoms with Crippen LogP contribution in [0.25, 0.3) is 259 Å². The van der Waals surface area contributed by atoms with Gasteiger partial charge in [0, 0.05) is 179 Å². The number of benzene rings is 17. The average molecular weight is 1640 g/mol. The highest BCUT2D eigenvalue weighted by Gasteiger charge is 2.26. The topological polar surface area (TPSA) is 90.5 Å². The molecule has 0 spiro atoms. The SMILES string of the molecule is c1ccc(-c2nc(-c3ccc(-c4cc5c(-c6ccccc6)nc6ccccc6c5c5c4sc4ccccc45)cc3)cc(-c3ccc4sc5ccccc5c4c3)n2)cc1.c1ccc(-c2nc3ccccc3c3c2cc(-c2ccc(-c4cc(-c5ccc6sc7ccccc7c6c5)nc(-c5ccc6sc7ccccc7c6c5)n4)cc2)c2oc4ccccc4c23)cc1. The van der Waals surface area contributed by atoms with E-state index in [4.69, 9.17) is 34.3 Å². The van der Waals surface area contributed by atoms with E-state index in [-0.39, 0.29) is 0 Å². The predicted molar refractivity (Wildman–Crippen MR) is 523 cm³/mol. The molecule has 0 saturated heterocycles. The number of pyridine rings is 2. The summed E-state index contributed by atoms with van der Waals surface area (Å²) in [4.78, 5) is 31.6. The molecule has 0 atom stereocenters. The maximum absolute atomic E-state index is 6.85. The van der Waals surface area contributed by atoms with Crippen molar-refractivity contribution in [1.29, 1.82) is 0 Å².